The van der Waals surface area contributed by atoms with E-state index >= 15 is 0 Å². The molecule has 0 fully saturated rings. The maximum Gasteiger partial charge on any atom is 0.0647 e. The van der Waals surface area contributed by atoms with Crippen molar-refractivity contribution in [1.29, 1.82) is 0 Å². The molecule has 1 aromatic heterocycles. The van der Waals surface area contributed by atoms with E-state index < -0.39 is 0 Å². The Morgan fingerprint density at radius 2 is 2.45 bits per heavy atom. The molecule has 0 amide bonds. The van der Waals surface area contributed by atoms with Crippen LogP contribution in [0.3, 0.4) is 0 Å². The Labute approximate surface area is 65.1 Å². The summed E-state index contributed by atoms with van der Waals surface area (Å²) < 4.78 is 0. The second-order valence-electron chi connectivity index (χ2n) is 2.36. The van der Waals surface area contributed by atoms with E-state index in [0.717, 1.165) is 5.69 Å². The van der Waals surface area contributed by atoms with Crippen LogP contribution < -0.4 is 5.73 Å². The largest absolute Gasteiger partial charge is 0.395 e. The molecule has 1 rings (SSSR count). The Hall–Kier alpha value is -1.00. The van der Waals surface area contributed by atoms with Gasteiger partial charge in [-0.3, -0.25) is 0 Å². The summed E-state index contributed by atoms with van der Waals surface area (Å²) in [6.45, 7) is -0.0173. The Bertz CT molecular complexity index is 202. The van der Waals surface area contributed by atoms with Crippen LogP contribution in [-0.2, 0) is 6.42 Å². The highest BCUT2D eigenvalue weighted by molar-refractivity contribution is 5.00. The fraction of sp³-hybridized carbons (Fsp3) is 0.429. The molecular weight excluding hydrogens is 142 g/mol. The van der Waals surface area contributed by atoms with Crippen LogP contribution in [0.15, 0.2) is 18.3 Å². The van der Waals surface area contributed by atoms with Crippen molar-refractivity contribution < 1.29 is 5.11 Å². The van der Waals surface area contributed by atoms with E-state index in [0.29, 0.717) is 6.42 Å². The van der Waals surface area contributed by atoms with Gasteiger partial charge in [0, 0.05) is 18.7 Å². The topological polar surface area (TPSA) is 72.0 Å². The molecule has 0 aliphatic heterocycles. The number of rotatable bonds is 3. The monoisotopic (exact) mass is 153 g/mol. The van der Waals surface area contributed by atoms with Gasteiger partial charge in [-0.15, -0.1) is 0 Å². The normalized spacial score (nSPS) is 12.9. The van der Waals surface area contributed by atoms with Gasteiger partial charge in [-0.25, -0.2) is 0 Å². The van der Waals surface area contributed by atoms with Crippen LogP contribution in [-0.4, -0.2) is 28.0 Å². The summed E-state index contributed by atoms with van der Waals surface area (Å²) >= 11 is 0. The Kier molecular flexibility index (Phi) is 2.95. The van der Waals surface area contributed by atoms with Crippen LogP contribution in [0.4, 0.5) is 0 Å². The number of nitrogens with zero attached hydrogens (tertiary/aromatic N) is 2. The predicted octanol–water partition coefficient (Wildman–Crippen LogP) is -0.661. The first-order chi connectivity index (χ1) is 5.33. The van der Waals surface area contributed by atoms with Crippen LogP contribution in [0.1, 0.15) is 5.69 Å². The lowest BCUT2D eigenvalue weighted by Gasteiger charge is -2.04. The van der Waals surface area contributed by atoms with Gasteiger partial charge in [-0.2, -0.15) is 10.2 Å². The molecule has 4 nitrogen and oxygen atoms in total. The third kappa shape index (κ3) is 2.61. The van der Waals surface area contributed by atoms with Gasteiger partial charge >= 0.3 is 0 Å². The summed E-state index contributed by atoms with van der Waals surface area (Å²) in [5.74, 6) is 0. The van der Waals surface area contributed by atoms with Crippen molar-refractivity contribution in [2.75, 3.05) is 6.61 Å². The van der Waals surface area contributed by atoms with Gasteiger partial charge in [0.1, 0.15) is 0 Å². The van der Waals surface area contributed by atoms with Crippen molar-refractivity contribution in [1.82, 2.24) is 10.2 Å². The third-order valence-corrected chi connectivity index (χ3v) is 1.33. The van der Waals surface area contributed by atoms with Crippen LogP contribution in [0, 0.1) is 0 Å². The van der Waals surface area contributed by atoms with Gasteiger partial charge in [0.2, 0.25) is 0 Å². The maximum absolute atomic E-state index is 8.62. The molecule has 0 unspecified atom stereocenters. The lowest BCUT2D eigenvalue weighted by atomic mass is 10.2. The minimum Gasteiger partial charge on any atom is -0.395 e. The summed E-state index contributed by atoms with van der Waals surface area (Å²) in [5.41, 5.74) is 6.30. The SMILES string of the molecule is N[C@@H](CO)Cc1cccnn1. The van der Waals surface area contributed by atoms with Crippen molar-refractivity contribution in [2.24, 2.45) is 5.73 Å². The van der Waals surface area contributed by atoms with E-state index in [2.05, 4.69) is 10.2 Å². The molecule has 60 valence electrons. The molecule has 0 bridgehead atoms. The van der Waals surface area contributed by atoms with Crippen molar-refractivity contribution >= 4 is 0 Å². The summed E-state index contributed by atoms with van der Waals surface area (Å²) in [6, 6.07) is 3.40. The second kappa shape index (κ2) is 4.00. The van der Waals surface area contributed by atoms with E-state index in [4.69, 9.17) is 10.8 Å². The zero-order valence-corrected chi connectivity index (χ0v) is 6.14. The molecule has 3 N–H and O–H groups in total. The predicted molar refractivity (Wildman–Crippen MR) is 40.8 cm³/mol. The molecule has 0 saturated heterocycles. The zero-order chi connectivity index (χ0) is 8.10. The molecule has 0 aliphatic rings. The van der Waals surface area contributed by atoms with E-state index in [9.17, 15) is 0 Å². The van der Waals surface area contributed by atoms with Crippen LogP contribution >= 0.6 is 0 Å². The van der Waals surface area contributed by atoms with Crippen molar-refractivity contribution in [3.05, 3.63) is 24.0 Å². The lowest BCUT2D eigenvalue weighted by Crippen LogP contribution is -2.27. The van der Waals surface area contributed by atoms with E-state index in [1.165, 1.54) is 0 Å². The first-order valence-electron chi connectivity index (χ1n) is 3.46. The summed E-state index contributed by atoms with van der Waals surface area (Å²) in [7, 11) is 0. The number of aromatic nitrogens is 2. The number of hydrogen-bond donors (Lipinski definition) is 2. The molecular formula is C7H11N3O. The first-order valence-corrected chi connectivity index (χ1v) is 3.46. The minimum absolute atomic E-state index is 0.0173. The summed E-state index contributed by atoms with van der Waals surface area (Å²) in [5, 5.41) is 16.1. The number of aliphatic hydroxyl groups is 1. The quantitative estimate of drug-likeness (QED) is 0.604. The average molecular weight is 153 g/mol. The molecule has 0 aromatic carbocycles. The molecule has 0 radical (unpaired) electrons. The van der Waals surface area contributed by atoms with Crippen molar-refractivity contribution in [3.8, 4) is 0 Å². The van der Waals surface area contributed by atoms with Crippen LogP contribution in [0.2, 0.25) is 0 Å². The minimum atomic E-state index is -0.230. The second-order valence-corrected chi connectivity index (χ2v) is 2.36. The van der Waals surface area contributed by atoms with Gasteiger partial charge < -0.3 is 10.8 Å². The molecule has 0 spiro atoms. The van der Waals surface area contributed by atoms with E-state index in [1.54, 1.807) is 12.3 Å². The van der Waals surface area contributed by atoms with Crippen LogP contribution in [0.25, 0.3) is 0 Å². The van der Waals surface area contributed by atoms with Crippen molar-refractivity contribution in [3.63, 3.8) is 0 Å². The fourth-order valence-corrected chi connectivity index (χ4v) is 0.775. The molecule has 1 aromatic rings. The standard InChI is InChI=1S/C7H11N3O/c8-6(5-11)4-7-2-1-3-9-10-7/h1-3,6,11H,4-5,8H2/t6-/m1/s1. The molecule has 0 aliphatic carbocycles. The number of nitrogens with two attached hydrogens (primary N) is 1. The van der Waals surface area contributed by atoms with Crippen molar-refractivity contribution in [2.45, 2.75) is 12.5 Å². The highest BCUT2D eigenvalue weighted by Crippen LogP contribution is 1.94. The summed E-state index contributed by atoms with van der Waals surface area (Å²) in [6.07, 6.45) is 2.18. The Balaban J connectivity index is 2.51. The molecule has 1 heterocycles. The third-order valence-electron chi connectivity index (χ3n) is 1.33. The molecule has 0 saturated carbocycles. The number of hydrogen-bond acceptors (Lipinski definition) is 4. The highest BCUT2D eigenvalue weighted by atomic mass is 16.3. The maximum atomic E-state index is 8.62. The first kappa shape index (κ1) is 8.10. The van der Waals surface area contributed by atoms with Gasteiger partial charge in [-0.05, 0) is 12.1 Å². The lowest BCUT2D eigenvalue weighted by molar-refractivity contribution is 0.264. The Morgan fingerprint density at radius 1 is 1.64 bits per heavy atom. The number of aliphatic hydroxyl groups excluding tert-OH is 1. The molecule has 1 atom stereocenters. The average Bonchev–Trinajstić information content (AvgIpc) is 2.06. The van der Waals surface area contributed by atoms with Gasteiger partial charge in [0.25, 0.3) is 0 Å². The molecule has 11 heavy (non-hydrogen) atoms. The van der Waals surface area contributed by atoms with E-state index in [-0.39, 0.29) is 12.6 Å². The van der Waals surface area contributed by atoms with Gasteiger partial charge in [0.05, 0.1) is 12.3 Å². The smallest absolute Gasteiger partial charge is 0.0647 e. The zero-order valence-electron chi connectivity index (χ0n) is 6.14. The van der Waals surface area contributed by atoms with Crippen LogP contribution in [0.5, 0.6) is 0 Å². The van der Waals surface area contributed by atoms with E-state index in [1.807, 2.05) is 6.07 Å². The van der Waals surface area contributed by atoms with Gasteiger partial charge in [-0.1, -0.05) is 0 Å². The Morgan fingerprint density at radius 3 is 3.00 bits per heavy atom. The van der Waals surface area contributed by atoms with Gasteiger partial charge in [0.15, 0.2) is 0 Å². The fourth-order valence-electron chi connectivity index (χ4n) is 0.775. The molecule has 4 heteroatoms. The summed E-state index contributed by atoms with van der Waals surface area (Å²) in [4.78, 5) is 0. The highest BCUT2D eigenvalue weighted by Gasteiger charge is 2.01.